The maximum absolute atomic E-state index is 11.5. The molecule has 1 heterocycles. The lowest BCUT2D eigenvalue weighted by Gasteiger charge is -2.35. The monoisotopic (exact) mass is 233 g/mol. The van der Waals surface area contributed by atoms with E-state index in [-0.39, 0.29) is 12.1 Å². The van der Waals surface area contributed by atoms with E-state index in [0.717, 1.165) is 18.4 Å². The van der Waals surface area contributed by atoms with Gasteiger partial charge < -0.3 is 10.1 Å². The number of amides is 1. The summed E-state index contributed by atoms with van der Waals surface area (Å²) in [5.74, 6) is 0. The average Bonchev–Trinajstić information content (AvgIpc) is 2.26. The van der Waals surface area contributed by atoms with Gasteiger partial charge in [-0.25, -0.2) is 4.79 Å². The highest BCUT2D eigenvalue weighted by molar-refractivity contribution is 5.69. The SMILES string of the molecule is CCc1ccc(C2CC(C)(C)OC(=O)N2)cc1. The molecule has 2 rings (SSSR count). The molecule has 1 amide bonds. The quantitative estimate of drug-likeness (QED) is 0.851. The second kappa shape index (κ2) is 4.40. The van der Waals surface area contributed by atoms with Gasteiger partial charge in [-0.15, -0.1) is 0 Å². The molecule has 1 aromatic rings. The van der Waals surface area contributed by atoms with Crippen molar-refractivity contribution in [1.29, 1.82) is 0 Å². The molecule has 1 unspecified atom stereocenters. The summed E-state index contributed by atoms with van der Waals surface area (Å²) in [5, 5.41) is 2.86. The number of benzene rings is 1. The number of ether oxygens (including phenoxy) is 1. The smallest absolute Gasteiger partial charge is 0.408 e. The minimum absolute atomic E-state index is 0.0529. The Morgan fingerprint density at radius 3 is 2.53 bits per heavy atom. The number of hydrogen-bond donors (Lipinski definition) is 1. The molecule has 1 aliphatic heterocycles. The summed E-state index contributed by atoms with van der Waals surface area (Å²) < 4.78 is 5.22. The number of nitrogens with one attached hydrogen (secondary N) is 1. The number of alkyl carbamates (subject to hydrolysis) is 1. The van der Waals surface area contributed by atoms with E-state index in [1.54, 1.807) is 0 Å². The van der Waals surface area contributed by atoms with Crippen molar-refractivity contribution in [3.8, 4) is 0 Å². The third kappa shape index (κ3) is 2.78. The second-order valence-corrected chi connectivity index (χ2v) is 5.15. The van der Waals surface area contributed by atoms with Gasteiger partial charge in [0.25, 0.3) is 0 Å². The predicted octanol–water partition coefficient (Wildman–Crippen LogP) is 3.20. The minimum atomic E-state index is -0.392. The first-order valence-electron chi connectivity index (χ1n) is 6.08. The lowest BCUT2D eigenvalue weighted by Crippen LogP contribution is -2.45. The molecule has 0 saturated carbocycles. The molecule has 92 valence electrons. The van der Waals surface area contributed by atoms with Crippen LogP contribution in [0.3, 0.4) is 0 Å². The van der Waals surface area contributed by atoms with E-state index in [0.29, 0.717) is 0 Å². The Hall–Kier alpha value is -1.51. The van der Waals surface area contributed by atoms with Gasteiger partial charge in [0.2, 0.25) is 0 Å². The van der Waals surface area contributed by atoms with Crippen LogP contribution in [-0.2, 0) is 11.2 Å². The first-order chi connectivity index (χ1) is 8.00. The molecule has 1 fully saturated rings. The van der Waals surface area contributed by atoms with Crippen molar-refractivity contribution in [2.45, 2.75) is 45.3 Å². The van der Waals surface area contributed by atoms with Crippen molar-refractivity contribution in [2.75, 3.05) is 0 Å². The maximum Gasteiger partial charge on any atom is 0.408 e. The lowest BCUT2D eigenvalue weighted by atomic mass is 9.92. The fourth-order valence-corrected chi connectivity index (χ4v) is 2.19. The Morgan fingerprint density at radius 2 is 2.00 bits per heavy atom. The van der Waals surface area contributed by atoms with E-state index in [1.165, 1.54) is 5.56 Å². The molecule has 0 radical (unpaired) electrons. The zero-order chi connectivity index (χ0) is 12.5. The van der Waals surface area contributed by atoms with E-state index in [4.69, 9.17) is 4.74 Å². The summed E-state index contributed by atoms with van der Waals surface area (Å²) >= 11 is 0. The van der Waals surface area contributed by atoms with Crippen molar-refractivity contribution in [3.05, 3.63) is 35.4 Å². The molecule has 1 saturated heterocycles. The number of hydrogen-bond acceptors (Lipinski definition) is 2. The van der Waals surface area contributed by atoms with Crippen LogP contribution >= 0.6 is 0 Å². The second-order valence-electron chi connectivity index (χ2n) is 5.15. The Labute approximate surface area is 102 Å². The number of rotatable bonds is 2. The third-order valence-corrected chi connectivity index (χ3v) is 3.15. The number of carbonyl (C=O) groups excluding carboxylic acids is 1. The van der Waals surface area contributed by atoms with Gasteiger partial charge in [0.05, 0.1) is 6.04 Å². The van der Waals surface area contributed by atoms with Crippen molar-refractivity contribution in [3.63, 3.8) is 0 Å². The Bertz CT molecular complexity index is 409. The molecule has 1 atom stereocenters. The topological polar surface area (TPSA) is 38.3 Å². The van der Waals surface area contributed by atoms with Gasteiger partial charge >= 0.3 is 6.09 Å². The van der Waals surface area contributed by atoms with E-state index < -0.39 is 5.60 Å². The highest BCUT2D eigenvalue weighted by atomic mass is 16.6. The highest BCUT2D eigenvalue weighted by Crippen LogP contribution is 2.30. The maximum atomic E-state index is 11.5. The molecule has 1 N–H and O–H groups in total. The Morgan fingerprint density at radius 1 is 1.35 bits per heavy atom. The first kappa shape index (κ1) is 12.0. The van der Waals surface area contributed by atoms with Crippen LogP contribution in [0, 0.1) is 0 Å². The minimum Gasteiger partial charge on any atom is -0.443 e. The van der Waals surface area contributed by atoms with Crippen molar-refractivity contribution in [2.24, 2.45) is 0 Å². The number of carbonyl (C=O) groups is 1. The zero-order valence-corrected chi connectivity index (χ0v) is 10.6. The van der Waals surface area contributed by atoms with Crippen LogP contribution in [0.15, 0.2) is 24.3 Å². The van der Waals surface area contributed by atoms with Gasteiger partial charge in [0.15, 0.2) is 0 Å². The van der Waals surface area contributed by atoms with E-state index in [2.05, 4.69) is 36.5 Å². The summed E-state index contributed by atoms with van der Waals surface area (Å²) in [6.07, 6.45) is 1.50. The summed E-state index contributed by atoms with van der Waals surface area (Å²) in [6.45, 7) is 6.02. The first-order valence-corrected chi connectivity index (χ1v) is 6.08. The molecule has 0 aliphatic carbocycles. The average molecular weight is 233 g/mol. The van der Waals surface area contributed by atoms with E-state index in [9.17, 15) is 4.79 Å². The standard InChI is InChI=1S/C14H19NO2/c1-4-10-5-7-11(8-6-10)12-9-14(2,3)17-13(16)15-12/h5-8,12H,4,9H2,1-3H3,(H,15,16). The summed E-state index contributed by atoms with van der Waals surface area (Å²) in [6, 6.07) is 8.46. The van der Waals surface area contributed by atoms with E-state index >= 15 is 0 Å². The molecular formula is C14H19NO2. The molecule has 0 bridgehead atoms. The van der Waals surface area contributed by atoms with Gasteiger partial charge in [0, 0.05) is 6.42 Å². The summed E-state index contributed by atoms with van der Waals surface area (Å²) in [7, 11) is 0. The molecule has 3 nitrogen and oxygen atoms in total. The van der Waals surface area contributed by atoms with Gasteiger partial charge in [0.1, 0.15) is 5.60 Å². The lowest BCUT2D eigenvalue weighted by molar-refractivity contribution is -0.000273. The van der Waals surface area contributed by atoms with Gasteiger partial charge in [-0.3, -0.25) is 0 Å². The molecule has 1 aromatic carbocycles. The van der Waals surface area contributed by atoms with Crippen molar-refractivity contribution < 1.29 is 9.53 Å². The van der Waals surface area contributed by atoms with Crippen LogP contribution in [0.25, 0.3) is 0 Å². The Balaban J connectivity index is 2.18. The number of aryl methyl sites for hydroxylation is 1. The van der Waals surface area contributed by atoms with Crippen molar-refractivity contribution in [1.82, 2.24) is 5.32 Å². The molecule has 1 aliphatic rings. The van der Waals surface area contributed by atoms with Gasteiger partial charge in [-0.05, 0) is 31.4 Å². The van der Waals surface area contributed by atoms with Crippen LogP contribution in [0.5, 0.6) is 0 Å². The van der Waals surface area contributed by atoms with Crippen LogP contribution in [0.1, 0.15) is 44.4 Å². The highest BCUT2D eigenvalue weighted by Gasteiger charge is 2.34. The normalized spacial score (nSPS) is 22.8. The Kier molecular flexibility index (Phi) is 3.09. The van der Waals surface area contributed by atoms with Crippen LogP contribution in [0.2, 0.25) is 0 Å². The van der Waals surface area contributed by atoms with Crippen molar-refractivity contribution >= 4 is 6.09 Å². The van der Waals surface area contributed by atoms with Gasteiger partial charge in [-0.1, -0.05) is 31.2 Å². The fraction of sp³-hybridized carbons (Fsp3) is 0.500. The zero-order valence-electron chi connectivity index (χ0n) is 10.6. The van der Waals surface area contributed by atoms with Crippen LogP contribution in [-0.4, -0.2) is 11.7 Å². The largest absolute Gasteiger partial charge is 0.443 e. The van der Waals surface area contributed by atoms with Crippen LogP contribution < -0.4 is 5.32 Å². The molecule has 0 aromatic heterocycles. The molecule has 0 spiro atoms. The van der Waals surface area contributed by atoms with Gasteiger partial charge in [-0.2, -0.15) is 0 Å². The molecule has 17 heavy (non-hydrogen) atoms. The number of cyclic esters (lactones) is 1. The predicted molar refractivity (Wildman–Crippen MR) is 66.9 cm³/mol. The van der Waals surface area contributed by atoms with Crippen LogP contribution in [0.4, 0.5) is 4.79 Å². The molecule has 3 heteroatoms. The fourth-order valence-electron chi connectivity index (χ4n) is 2.19. The van der Waals surface area contributed by atoms with E-state index in [1.807, 2.05) is 13.8 Å². The third-order valence-electron chi connectivity index (χ3n) is 3.15. The summed E-state index contributed by atoms with van der Waals surface area (Å²) in [5.41, 5.74) is 2.06. The summed E-state index contributed by atoms with van der Waals surface area (Å²) in [4.78, 5) is 11.5. The molecular weight excluding hydrogens is 214 g/mol.